The first kappa shape index (κ1) is 15.7. The van der Waals surface area contributed by atoms with Gasteiger partial charge in [0.1, 0.15) is 0 Å². The molecule has 2 fully saturated rings. The SMILES string of the molecule is CC(CN1CCOCC1)NCC(=O)N1CCCCCC1. The zero-order valence-electron chi connectivity index (χ0n) is 12.8. The molecule has 0 aliphatic carbocycles. The number of nitrogens with one attached hydrogen (secondary N) is 1. The van der Waals surface area contributed by atoms with E-state index in [1.165, 1.54) is 12.8 Å². The molecule has 0 aromatic rings. The van der Waals surface area contributed by atoms with E-state index in [0.717, 1.165) is 58.8 Å². The van der Waals surface area contributed by atoms with Gasteiger partial charge in [-0.2, -0.15) is 0 Å². The number of carbonyl (C=O) groups is 1. The molecular weight excluding hydrogens is 254 g/mol. The van der Waals surface area contributed by atoms with Gasteiger partial charge in [0, 0.05) is 38.8 Å². The number of nitrogens with zero attached hydrogens (tertiary/aromatic N) is 2. The van der Waals surface area contributed by atoms with Crippen LogP contribution in [0, 0.1) is 0 Å². The van der Waals surface area contributed by atoms with E-state index in [2.05, 4.69) is 17.1 Å². The third-order valence-corrected chi connectivity index (χ3v) is 4.20. The Morgan fingerprint density at radius 2 is 1.75 bits per heavy atom. The van der Waals surface area contributed by atoms with Gasteiger partial charge in [0.15, 0.2) is 0 Å². The average Bonchev–Trinajstić information content (AvgIpc) is 2.75. The summed E-state index contributed by atoms with van der Waals surface area (Å²) in [4.78, 5) is 16.6. The molecule has 1 unspecified atom stereocenters. The molecule has 2 rings (SSSR count). The number of amides is 1. The summed E-state index contributed by atoms with van der Waals surface area (Å²) in [5.41, 5.74) is 0. The summed E-state index contributed by atoms with van der Waals surface area (Å²) in [6, 6.07) is 0.351. The molecule has 0 radical (unpaired) electrons. The second-order valence-corrected chi connectivity index (χ2v) is 5.99. The normalized spacial score (nSPS) is 23.4. The molecule has 0 aromatic carbocycles. The van der Waals surface area contributed by atoms with Crippen molar-refractivity contribution in [3.63, 3.8) is 0 Å². The minimum atomic E-state index is 0.265. The fraction of sp³-hybridized carbons (Fsp3) is 0.933. The van der Waals surface area contributed by atoms with E-state index in [1.807, 2.05) is 4.90 Å². The van der Waals surface area contributed by atoms with Gasteiger partial charge in [-0.3, -0.25) is 9.69 Å². The van der Waals surface area contributed by atoms with Crippen molar-refractivity contribution in [2.45, 2.75) is 38.6 Å². The molecule has 2 heterocycles. The van der Waals surface area contributed by atoms with Crippen LogP contribution >= 0.6 is 0 Å². The Morgan fingerprint density at radius 3 is 2.40 bits per heavy atom. The zero-order chi connectivity index (χ0) is 14.2. The van der Waals surface area contributed by atoms with Crippen molar-refractivity contribution < 1.29 is 9.53 Å². The van der Waals surface area contributed by atoms with Crippen LogP contribution < -0.4 is 5.32 Å². The van der Waals surface area contributed by atoms with Gasteiger partial charge in [-0.1, -0.05) is 12.8 Å². The summed E-state index contributed by atoms with van der Waals surface area (Å²) in [5.74, 6) is 0.265. The van der Waals surface area contributed by atoms with Crippen molar-refractivity contribution in [3.8, 4) is 0 Å². The van der Waals surface area contributed by atoms with Crippen molar-refractivity contribution >= 4 is 5.91 Å². The summed E-state index contributed by atoms with van der Waals surface area (Å²) in [5, 5.41) is 3.37. The quantitative estimate of drug-likeness (QED) is 0.807. The molecule has 5 heteroatoms. The number of carbonyl (C=O) groups excluding carboxylic acids is 1. The van der Waals surface area contributed by atoms with E-state index in [9.17, 15) is 4.79 Å². The van der Waals surface area contributed by atoms with Crippen LogP contribution in [0.4, 0.5) is 0 Å². The van der Waals surface area contributed by atoms with Crippen molar-refractivity contribution in [2.24, 2.45) is 0 Å². The smallest absolute Gasteiger partial charge is 0.236 e. The average molecular weight is 283 g/mol. The summed E-state index contributed by atoms with van der Waals surface area (Å²) < 4.78 is 5.35. The number of morpholine rings is 1. The van der Waals surface area contributed by atoms with Crippen LogP contribution in [0.3, 0.4) is 0 Å². The predicted molar refractivity (Wildman–Crippen MR) is 79.8 cm³/mol. The lowest BCUT2D eigenvalue weighted by Crippen LogP contribution is -2.47. The molecule has 116 valence electrons. The van der Waals surface area contributed by atoms with Crippen LogP contribution in [0.25, 0.3) is 0 Å². The van der Waals surface area contributed by atoms with Gasteiger partial charge in [-0.15, -0.1) is 0 Å². The van der Waals surface area contributed by atoms with Crippen LogP contribution in [0.15, 0.2) is 0 Å². The topological polar surface area (TPSA) is 44.8 Å². The van der Waals surface area contributed by atoms with Crippen molar-refractivity contribution in [2.75, 3.05) is 52.5 Å². The van der Waals surface area contributed by atoms with E-state index in [0.29, 0.717) is 12.6 Å². The Morgan fingerprint density at radius 1 is 1.10 bits per heavy atom. The maximum absolute atomic E-state index is 12.2. The Bertz CT molecular complexity index is 285. The van der Waals surface area contributed by atoms with Crippen LogP contribution in [-0.4, -0.2) is 74.2 Å². The number of rotatable bonds is 5. The van der Waals surface area contributed by atoms with E-state index >= 15 is 0 Å². The van der Waals surface area contributed by atoms with Gasteiger partial charge < -0.3 is 15.0 Å². The van der Waals surface area contributed by atoms with Crippen LogP contribution in [0.5, 0.6) is 0 Å². The molecule has 5 nitrogen and oxygen atoms in total. The van der Waals surface area contributed by atoms with Gasteiger partial charge in [0.2, 0.25) is 5.91 Å². The largest absolute Gasteiger partial charge is 0.379 e. The van der Waals surface area contributed by atoms with Gasteiger partial charge in [-0.25, -0.2) is 0 Å². The monoisotopic (exact) mass is 283 g/mol. The lowest BCUT2D eigenvalue weighted by molar-refractivity contribution is -0.130. The number of ether oxygens (including phenoxy) is 1. The zero-order valence-corrected chi connectivity index (χ0v) is 12.8. The third-order valence-electron chi connectivity index (χ3n) is 4.20. The highest BCUT2D eigenvalue weighted by Crippen LogP contribution is 2.09. The van der Waals surface area contributed by atoms with Gasteiger partial charge in [0.25, 0.3) is 0 Å². The molecule has 0 bridgehead atoms. The van der Waals surface area contributed by atoms with E-state index in [1.54, 1.807) is 0 Å². The highest BCUT2D eigenvalue weighted by molar-refractivity contribution is 5.78. The van der Waals surface area contributed by atoms with Crippen LogP contribution in [0.2, 0.25) is 0 Å². The summed E-state index contributed by atoms with van der Waals surface area (Å²) in [7, 11) is 0. The first-order valence-corrected chi connectivity index (χ1v) is 8.07. The molecule has 20 heavy (non-hydrogen) atoms. The number of hydrogen-bond acceptors (Lipinski definition) is 4. The Hall–Kier alpha value is -0.650. The number of hydrogen-bond donors (Lipinski definition) is 1. The van der Waals surface area contributed by atoms with Crippen LogP contribution in [-0.2, 0) is 9.53 Å². The first-order valence-electron chi connectivity index (χ1n) is 8.07. The van der Waals surface area contributed by atoms with Crippen LogP contribution in [0.1, 0.15) is 32.6 Å². The lowest BCUT2D eigenvalue weighted by Gasteiger charge is -2.29. The fourth-order valence-corrected chi connectivity index (χ4v) is 2.93. The van der Waals surface area contributed by atoms with E-state index < -0.39 is 0 Å². The second-order valence-electron chi connectivity index (χ2n) is 5.99. The second kappa shape index (κ2) is 8.60. The molecule has 2 saturated heterocycles. The Kier molecular flexibility index (Phi) is 6.76. The summed E-state index contributed by atoms with van der Waals surface area (Å²) in [6.07, 6.45) is 4.86. The van der Waals surface area contributed by atoms with E-state index in [4.69, 9.17) is 4.74 Å². The minimum absolute atomic E-state index is 0.265. The molecule has 1 amide bonds. The molecule has 0 saturated carbocycles. The van der Waals surface area contributed by atoms with Gasteiger partial charge >= 0.3 is 0 Å². The van der Waals surface area contributed by atoms with Crippen molar-refractivity contribution in [3.05, 3.63) is 0 Å². The van der Waals surface area contributed by atoms with Gasteiger partial charge in [0.05, 0.1) is 19.8 Å². The highest BCUT2D eigenvalue weighted by atomic mass is 16.5. The maximum atomic E-state index is 12.2. The highest BCUT2D eigenvalue weighted by Gasteiger charge is 2.17. The fourth-order valence-electron chi connectivity index (χ4n) is 2.93. The first-order chi connectivity index (χ1) is 9.75. The summed E-state index contributed by atoms with van der Waals surface area (Å²) >= 11 is 0. The molecule has 2 aliphatic rings. The molecule has 2 aliphatic heterocycles. The lowest BCUT2D eigenvalue weighted by atomic mass is 10.2. The maximum Gasteiger partial charge on any atom is 0.236 e. The molecular formula is C15H29N3O2. The molecule has 0 spiro atoms. The molecule has 1 atom stereocenters. The Balaban J connectivity index is 1.63. The molecule has 1 N–H and O–H groups in total. The standard InChI is InChI=1S/C15H29N3O2/c1-14(13-17-8-10-20-11-9-17)16-12-15(19)18-6-4-2-3-5-7-18/h14,16H,2-13H2,1H3. The molecule has 0 aromatic heterocycles. The minimum Gasteiger partial charge on any atom is -0.379 e. The van der Waals surface area contributed by atoms with E-state index in [-0.39, 0.29) is 5.91 Å². The predicted octanol–water partition coefficient (Wildman–Crippen LogP) is 0.699. The van der Waals surface area contributed by atoms with Crippen molar-refractivity contribution in [1.29, 1.82) is 0 Å². The summed E-state index contributed by atoms with van der Waals surface area (Å²) in [6.45, 7) is 9.20. The van der Waals surface area contributed by atoms with Gasteiger partial charge in [-0.05, 0) is 19.8 Å². The third kappa shape index (κ3) is 5.38. The van der Waals surface area contributed by atoms with Crippen molar-refractivity contribution in [1.82, 2.24) is 15.1 Å². The Labute approximate surface area is 122 Å². The number of likely N-dealkylation sites (tertiary alicyclic amines) is 1.